The Bertz CT molecular complexity index is 1000. The molecular formula is C22H21NO3S2. The molecule has 0 N–H and O–H groups in total. The van der Waals surface area contributed by atoms with Crippen LogP contribution in [0.3, 0.4) is 0 Å². The minimum Gasteiger partial charge on any atom is -0.295 e. The molecule has 0 amide bonds. The zero-order valence-electron chi connectivity index (χ0n) is 15.8. The molecule has 0 saturated heterocycles. The lowest BCUT2D eigenvalue weighted by Crippen LogP contribution is -2.16. The summed E-state index contributed by atoms with van der Waals surface area (Å²) in [5.74, 6) is -0.567. The molecule has 0 heterocycles. The van der Waals surface area contributed by atoms with Crippen LogP contribution in [0.5, 0.6) is 0 Å². The topological polar surface area (TPSA) is 60.2 Å². The van der Waals surface area contributed by atoms with E-state index in [9.17, 15) is 14.9 Å². The van der Waals surface area contributed by atoms with Crippen LogP contribution in [0.25, 0.3) is 21.5 Å². The van der Waals surface area contributed by atoms with E-state index in [1.165, 1.54) is 23.5 Å². The summed E-state index contributed by atoms with van der Waals surface area (Å²) < 4.78 is 0.910. The molecule has 28 heavy (non-hydrogen) atoms. The molecule has 0 fully saturated rings. The highest BCUT2D eigenvalue weighted by molar-refractivity contribution is 8.21. The van der Waals surface area contributed by atoms with E-state index >= 15 is 0 Å². The summed E-state index contributed by atoms with van der Waals surface area (Å²) in [7, 11) is 0. The molecule has 0 aliphatic rings. The first-order chi connectivity index (χ1) is 13.5. The quantitative estimate of drug-likeness (QED) is 0.200. The van der Waals surface area contributed by atoms with Crippen molar-refractivity contribution < 1.29 is 9.72 Å². The van der Waals surface area contributed by atoms with Gasteiger partial charge in [-0.1, -0.05) is 48.5 Å². The van der Waals surface area contributed by atoms with E-state index in [4.69, 9.17) is 0 Å². The number of carbonyl (C=O) groups excluding carboxylic acids is 1. The Balaban J connectivity index is 2.16. The molecule has 3 rings (SSSR count). The van der Waals surface area contributed by atoms with Crippen molar-refractivity contribution in [2.45, 2.75) is 12.3 Å². The van der Waals surface area contributed by atoms with Crippen LogP contribution < -0.4 is 0 Å². The van der Waals surface area contributed by atoms with Crippen LogP contribution in [0.4, 0.5) is 0 Å². The Kier molecular flexibility index (Phi) is 6.75. The first kappa shape index (κ1) is 20.4. The van der Waals surface area contributed by atoms with Crippen LogP contribution in [0.15, 0.2) is 64.9 Å². The van der Waals surface area contributed by atoms with Crippen molar-refractivity contribution in [3.63, 3.8) is 0 Å². The van der Waals surface area contributed by atoms with Gasteiger partial charge in [-0.05, 0) is 45.7 Å². The summed E-state index contributed by atoms with van der Waals surface area (Å²) in [6.07, 6.45) is 5.56. The minimum atomic E-state index is -0.486. The summed E-state index contributed by atoms with van der Waals surface area (Å²) in [5, 5.41) is 15.4. The molecule has 0 radical (unpaired) electrons. The molecule has 0 saturated carbocycles. The molecular weight excluding hydrogens is 390 g/mol. The third-order valence-corrected chi connectivity index (χ3v) is 6.76. The molecule has 0 aliphatic heterocycles. The predicted molar refractivity (Wildman–Crippen MR) is 121 cm³/mol. The Hall–Kier alpha value is -2.31. The van der Waals surface area contributed by atoms with E-state index in [0.29, 0.717) is 0 Å². The van der Waals surface area contributed by atoms with Gasteiger partial charge in [0.1, 0.15) is 0 Å². The summed E-state index contributed by atoms with van der Waals surface area (Å²) in [4.78, 5) is 23.8. The number of nitrogens with zero attached hydrogens (tertiary/aromatic N) is 1. The van der Waals surface area contributed by atoms with Gasteiger partial charge >= 0.3 is 0 Å². The molecule has 144 valence electrons. The second-order valence-corrected chi connectivity index (χ2v) is 8.44. The number of thioether (sulfide) groups is 2. The van der Waals surface area contributed by atoms with Gasteiger partial charge in [0, 0.05) is 21.7 Å². The fraction of sp³-hybridized carbons (Fsp3) is 0.227. The average Bonchev–Trinajstić information content (AvgIpc) is 2.69. The van der Waals surface area contributed by atoms with Gasteiger partial charge in [0.2, 0.25) is 6.54 Å². The molecule has 1 unspecified atom stereocenters. The summed E-state index contributed by atoms with van der Waals surface area (Å²) in [6, 6.07) is 17.9. The molecule has 0 spiro atoms. The van der Waals surface area contributed by atoms with Gasteiger partial charge in [0.15, 0.2) is 5.78 Å². The van der Waals surface area contributed by atoms with Crippen LogP contribution in [0.1, 0.15) is 17.9 Å². The number of nitro groups is 1. The third kappa shape index (κ3) is 4.56. The van der Waals surface area contributed by atoms with Crippen molar-refractivity contribution in [1.29, 1.82) is 0 Å². The lowest BCUT2D eigenvalue weighted by atomic mass is 9.85. The van der Waals surface area contributed by atoms with Crippen molar-refractivity contribution in [2.75, 3.05) is 19.1 Å². The number of benzene rings is 3. The van der Waals surface area contributed by atoms with Crippen molar-refractivity contribution in [1.82, 2.24) is 0 Å². The first-order valence-electron chi connectivity index (χ1n) is 8.88. The van der Waals surface area contributed by atoms with Gasteiger partial charge < -0.3 is 0 Å². The van der Waals surface area contributed by atoms with E-state index in [1.807, 2.05) is 61.0 Å². The van der Waals surface area contributed by atoms with E-state index in [0.717, 1.165) is 31.3 Å². The van der Waals surface area contributed by atoms with E-state index < -0.39 is 5.92 Å². The predicted octanol–water partition coefficient (Wildman–Crippen LogP) is 5.88. The number of ketones is 1. The summed E-state index contributed by atoms with van der Waals surface area (Å²) in [6.45, 7) is -0.272. The Morgan fingerprint density at radius 1 is 1.04 bits per heavy atom. The largest absolute Gasteiger partial charge is 0.295 e. The number of hydrogen-bond donors (Lipinski definition) is 0. The highest BCUT2D eigenvalue weighted by Gasteiger charge is 2.25. The lowest BCUT2D eigenvalue weighted by Gasteiger charge is -2.18. The number of allylic oxidation sites excluding steroid dienone is 1. The third-order valence-electron chi connectivity index (χ3n) is 4.72. The van der Waals surface area contributed by atoms with Gasteiger partial charge in [0.05, 0.1) is 5.92 Å². The number of hydrogen-bond acceptors (Lipinski definition) is 5. The molecule has 1 atom stereocenters. The molecule has 6 heteroatoms. The smallest absolute Gasteiger partial charge is 0.211 e. The van der Waals surface area contributed by atoms with Crippen molar-refractivity contribution >= 4 is 50.9 Å². The fourth-order valence-electron chi connectivity index (χ4n) is 3.56. The maximum absolute atomic E-state index is 12.7. The molecule has 3 aromatic carbocycles. The van der Waals surface area contributed by atoms with Crippen LogP contribution >= 0.6 is 23.5 Å². The Morgan fingerprint density at radius 3 is 2.07 bits per heavy atom. The summed E-state index contributed by atoms with van der Waals surface area (Å²) >= 11 is 3.02. The monoisotopic (exact) mass is 411 g/mol. The van der Waals surface area contributed by atoms with Gasteiger partial charge in [-0.25, -0.2) is 0 Å². The van der Waals surface area contributed by atoms with Crippen molar-refractivity contribution in [3.8, 4) is 0 Å². The van der Waals surface area contributed by atoms with Crippen LogP contribution in [0, 0.1) is 10.1 Å². The van der Waals surface area contributed by atoms with Crippen molar-refractivity contribution in [2.24, 2.45) is 0 Å². The van der Waals surface area contributed by atoms with E-state index in [1.54, 1.807) is 6.08 Å². The van der Waals surface area contributed by atoms with Gasteiger partial charge in [-0.2, -0.15) is 0 Å². The average molecular weight is 412 g/mol. The number of fused-ring (bicyclic) bond motifs is 2. The Labute approximate surface area is 172 Å². The van der Waals surface area contributed by atoms with Crippen LogP contribution in [-0.2, 0) is 4.79 Å². The van der Waals surface area contributed by atoms with Gasteiger partial charge in [-0.15, -0.1) is 23.5 Å². The highest BCUT2D eigenvalue weighted by atomic mass is 32.2. The second kappa shape index (κ2) is 9.26. The molecule has 3 aromatic rings. The molecule has 0 aliphatic carbocycles. The normalized spacial score (nSPS) is 12.1. The molecule has 0 aromatic heterocycles. The highest BCUT2D eigenvalue weighted by Crippen LogP contribution is 2.36. The lowest BCUT2D eigenvalue weighted by molar-refractivity contribution is -0.483. The maximum Gasteiger partial charge on any atom is 0.211 e. The summed E-state index contributed by atoms with van der Waals surface area (Å²) in [5.41, 5.74) is 0.891. The van der Waals surface area contributed by atoms with Crippen LogP contribution in [0.2, 0.25) is 0 Å². The van der Waals surface area contributed by atoms with Gasteiger partial charge in [0.25, 0.3) is 0 Å². The maximum atomic E-state index is 12.7. The van der Waals surface area contributed by atoms with Gasteiger partial charge in [-0.3, -0.25) is 14.9 Å². The first-order valence-corrected chi connectivity index (χ1v) is 11.3. The fourth-order valence-corrected chi connectivity index (χ4v) is 4.73. The van der Waals surface area contributed by atoms with E-state index in [-0.39, 0.29) is 23.7 Å². The SMILES string of the molecule is CSC(=CC(=O)CC(C[N+](=O)[O-])c1c2ccccc2cc2ccccc12)SC. The number of rotatable bonds is 8. The molecule has 0 bridgehead atoms. The van der Waals surface area contributed by atoms with Crippen LogP contribution in [-0.4, -0.2) is 29.8 Å². The number of carbonyl (C=O) groups is 1. The second-order valence-electron chi connectivity index (χ2n) is 6.49. The standard InChI is InChI=1S/C22H21NO3S2/c1-27-21(28-2)13-18(24)12-17(14-23(25)26)22-19-9-5-3-7-15(19)11-16-8-4-6-10-20(16)22/h3-11,13,17H,12,14H2,1-2H3. The van der Waals surface area contributed by atoms with E-state index in [2.05, 4.69) is 6.07 Å². The minimum absolute atomic E-state index is 0.0810. The zero-order chi connectivity index (χ0) is 20.1. The zero-order valence-corrected chi connectivity index (χ0v) is 17.4. The molecule has 4 nitrogen and oxygen atoms in total. The Morgan fingerprint density at radius 2 is 1.57 bits per heavy atom. The van der Waals surface area contributed by atoms with Crippen molar-refractivity contribution in [3.05, 3.63) is 80.6 Å².